The number of rotatable bonds is 2. The number of aromatic amines is 3. The molecule has 0 spiro atoms. The second-order valence-electron chi connectivity index (χ2n) is 4.26. The maximum absolute atomic E-state index is 10.2. The van der Waals surface area contributed by atoms with Crippen LogP contribution in [0, 0.1) is 0 Å². The standard InChI is InChI=1S/C12H10N2.C3H3N3O3/c1(11-3-7-13-8-4-11)2-12-5-9-14-10-6-12;7-1-4-2(8)6-3(9)5-1/h1-10H;(H3,4,5,6,7,8,9)/b2-1+;. The summed E-state index contributed by atoms with van der Waals surface area (Å²) in [6.07, 6.45) is 11.2. The molecule has 0 amide bonds. The van der Waals surface area contributed by atoms with Gasteiger partial charge in [-0.05, 0) is 35.4 Å². The van der Waals surface area contributed by atoms with Crippen LogP contribution in [0.1, 0.15) is 11.1 Å². The van der Waals surface area contributed by atoms with Crippen molar-refractivity contribution in [1.29, 1.82) is 0 Å². The highest BCUT2D eigenvalue weighted by molar-refractivity contribution is 5.68. The van der Waals surface area contributed by atoms with Crippen molar-refractivity contribution in [2.24, 2.45) is 0 Å². The fourth-order valence-corrected chi connectivity index (χ4v) is 1.54. The van der Waals surface area contributed by atoms with E-state index in [0.29, 0.717) is 0 Å². The van der Waals surface area contributed by atoms with Crippen LogP contribution in [0.5, 0.6) is 0 Å². The lowest BCUT2D eigenvalue weighted by Crippen LogP contribution is -2.34. The molecule has 3 aromatic heterocycles. The van der Waals surface area contributed by atoms with E-state index in [-0.39, 0.29) is 0 Å². The van der Waals surface area contributed by atoms with Gasteiger partial charge in [-0.25, -0.2) is 14.4 Å². The van der Waals surface area contributed by atoms with Crippen LogP contribution in [-0.4, -0.2) is 24.9 Å². The van der Waals surface area contributed by atoms with Crippen LogP contribution >= 0.6 is 0 Å². The lowest BCUT2D eigenvalue weighted by Gasteiger charge is -1.92. The SMILES string of the molecule is C(=C\c1ccncc1)/c1ccncc1.O=c1[nH]c(=O)[nH]c(=O)[nH]1. The third-order valence-electron chi connectivity index (χ3n) is 2.56. The lowest BCUT2D eigenvalue weighted by molar-refractivity contribution is 0.888. The van der Waals surface area contributed by atoms with Gasteiger partial charge in [-0.3, -0.25) is 24.9 Å². The Morgan fingerprint density at radius 3 is 1.22 bits per heavy atom. The van der Waals surface area contributed by atoms with Crippen molar-refractivity contribution < 1.29 is 0 Å². The molecule has 0 radical (unpaired) electrons. The summed E-state index contributed by atoms with van der Waals surface area (Å²) in [4.78, 5) is 43.8. The van der Waals surface area contributed by atoms with Crippen molar-refractivity contribution in [2.45, 2.75) is 0 Å². The van der Waals surface area contributed by atoms with Crippen molar-refractivity contribution in [1.82, 2.24) is 24.9 Å². The minimum Gasteiger partial charge on any atom is -0.265 e. The van der Waals surface area contributed by atoms with Crippen LogP contribution in [0.15, 0.2) is 63.4 Å². The molecule has 116 valence electrons. The molecule has 0 aliphatic heterocycles. The van der Waals surface area contributed by atoms with E-state index in [1.54, 1.807) is 39.7 Å². The Labute approximate surface area is 129 Å². The molecule has 3 N–H and O–H groups in total. The van der Waals surface area contributed by atoms with Crippen LogP contribution in [0.4, 0.5) is 0 Å². The molecule has 3 heterocycles. The summed E-state index contributed by atoms with van der Waals surface area (Å²) in [5.41, 5.74) is -0.107. The van der Waals surface area contributed by atoms with Crippen LogP contribution in [0.25, 0.3) is 12.2 Å². The van der Waals surface area contributed by atoms with Gasteiger partial charge in [-0.1, -0.05) is 12.2 Å². The van der Waals surface area contributed by atoms with Gasteiger partial charge in [0.1, 0.15) is 0 Å². The quantitative estimate of drug-likeness (QED) is 0.632. The molecule has 3 aromatic rings. The Bertz CT molecular complexity index is 807. The number of nitrogens with zero attached hydrogens (tertiary/aromatic N) is 2. The van der Waals surface area contributed by atoms with Gasteiger partial charge in [0.15, 0.2) is 0 Å². The molecule has 0 unspecified atom stereocenters. The van der Waals surface area contributed by atoms with Crippen molar-refractivity contribution in [3.63, 3.8) is 0 Å². The van der Waals surface area contributed by atoms with E-state index in [9.17, 15) is 14.4 Å². The molecule has 0 aliphatic carbocycles. The van der Waals surface area contributed by atoms with Crippen LogP contribution < -0.4 is 17.1 Å². The van der Waals surface area contributed by atoms with E-state index in [1.165, 1.54) is 0 Å². The van der Waals surface area contributed by atoms with Gasteiger partial charge in [-0.15, -0.1) is 0 Å². The van der Waals surface area contributed by atoms with E-state index in [2.05, 4.69) is 22.1 Å². The van der Waals surface area contributed by atoms with Gasteiger partial charge in [-0.2, -0.15) is 0 Å². The molecule has 0 fully saturated rings. The summed E-state index contributed by atoms with van der Waals surface area (Å²) in [5, 5.41) is 0. The fourth-order valence-electron chi connectivity index (χ4n) is 1.54. The van der Waals surface area contributed by atoms with E-state index in [4.69, 9.17) is 0 Å². The van der Waals surface area contributed by atoms with Gasteiger partial charge in [0.05, 0.1) is 0 Å². The number of pyridine rings is 2. The zero-order valence-electron chi connectivity index (χ0n) is 11.9. The maximum atomic E-state index is 10.2. The fraction of sp³-hybridized carbons (Fsp3) is 0. The topological polar surface area (TPSA) is 124 Å². The van der Waals surface area contributed by atoms with E-state index in [0.717, 1.165) is 11.1 Å². The monoisotopic (exact) mass is 311 g/mol. The average molecular weight is 311 g/mol. The molecule has 3 rings (SSSR count). The van der Waals surface area contributed by atoms with Crippen molar-refractivity contribution in [3.05, 3.63) is 91.6 Å². The number of hydrogen-bond acceptors (Lipinski definition) is 5. The molecule has 0 saturated heterocycles. The molecule has 0 saturated carbocycles. The molecule has 8 nitrogen and oxygen atoms in total. The van der Waals surface area contributed by atoms with Gasteiger partial charge >= 0.3 is 17.1 Å². The minimum absolute atomic E-state index is 0.802. The van der Waals surface area contributed by atoms with E-state index in [1.807, 2.05) is 24.3 Å². The molecule has 23 heavy (non-hydrogen) atoms. The summed E-state index contributed by atoms with van der Waals surface area (Å²) in [5.74, 6) is 0. The molecule has 0 atom stereocenters. The summed E-state index contributed by atoms with van der Waals surface area (Å²) in [7, 11) is 0. The third-order valence-corrected chi connectivity index (χ3v) is 2.56. The van der Waals surface area contributed by atoms with Gasteiger partial charge < -0.3 is 0 Å². The Morgan fingerprint density at radius 2 is 0.913 bits per heavy atom. The smallest absolute Gasteiger partial charge is 0.265 e. The molecular formula is C15H13N5O3. The first-order valence-corrected chi connectivity index (χ1v) is 6.54. The number of nitrogens with one attached hydrogen (secondary N) is 3. The van der Waals surface area contributed by atoms with Gasteiger partial charge in [0.25, 0.3) is 0 Å². The Kier molecular flexibility index (Phi) is 5.53. The highest BCUT2D eigenvalue weighted by Crippen LogP contribution is 2.05. The summed E-state index contributed by atoms with van der Waals surface area (Å²) in [6.45, 7) is 0. The number of hydrogen-bond donors (Lipinski definition) is 3. The second-order valence-corrected chi connectivity index (χ2v) is 4.26. The average Bonchev–Trinajstić information content (AvgIpc) is 2.54. The van der Waals surface area contributed by atoms with Crippen LogP contribution in [0.3, 0.4) is 0 Å². The maximum Gasteiger partial charge on any atom is 0.330 e. The van der Waals surface area contributed by atoms with Crippen molar-refractivity contribution in [3.8, 4) is 0 Å². The van der Waals surface area contributed by atoms with Crippen LogP contribution in [0.2, 0.25) is 0 Å². The van der Waals surface area contributed by atoms with Crippen LogP contribution in [-0.2, 0) is 0 Å². The van der Waals surface area contributed by atoms with Gasteiger partial charge in [0, 0.05) is 24.8 Å². The molecule has 8 heteroatoms. The Balaban J connectivity index is 0.000000185. The van der Waals surface area contributed by atoms with E-state index < -0.39 is 17.1 Å². The first kappa shape index (κ1) is 15.8. The normalized spacial score (nSPS) is 10.1. The lowest BCUT2D eigenvalue weighted by atomic mass is 10.2. The predicted molar refractivity (Wildman–Crippen MR) is 85.7 cm³/mol. The molecule has 0 aliphatic rings. The molecule has 0 bridgehead atoms. The second kappa shape index (κ2) is 8.03. The predicted octanol–water partition coefficient (Wildman–Crippen LogP) is 0.398. The highest BCUT2D eigenvalue weighted by atomic mass is 16.2. The highest BCUT2D eigenvalue weighted by Gasteiger charge is 1.86. The molecule has 0 aromatic carbocycles. The van der Waals surface area contributed by atoms with Crippen molar-refractivity contribution >= 4 is 12.2 Å². The number of H-pyrrole nitrogens is 3. The zero-order chi connectivity index (χ0) is 16.5. The zero-order valence-corrected chi connectivity index (χ0v) is 11.9. The Hall–Kier alpha value is -3.55. The first-order valence-electron chi connectivity index (χ1n) is 6.54. The van der Waals surface area contributed by atoms with Gasteiger partial charge in [0.2, 0.25) is 0 Å². The first-order chi connectivity index (χ1) is 11.1. The number of aromatic nitrogens is 5. The summed E-state index contributed by atoms with van der Waals surface area (Å²) < 4.78 is 0. The third kappa shape index (κ3) is 5.76. The minimum atomic E-state index is -0.802. The summed E-state index contributed by atoms with van der Waals surface area (Å²) in [6, 6.07) is 7.88. The molecular weight excluding hydrogens is 298 g/mol. The van der Waals surface area contributed by atoms with Crippen molar-refractivity contribution in [2.75, 3.05) is 0 Å². The van der Waals surface area contributed by atoms with E-state index >= 15 is 0 Å². The summed E-state index contributed by atoms with van der Waals surface area (Å²) >= 11 is 0. The Morgan fingerprint density at radius 1 is 0.609 bits per heavy atom. The largest absolute Gasteiger partial charge is 0.330 e.